The summed E-state index contributed by atoms with van der Waals surface area (Å²) in [5.41, 5.74) is 1.15. The minimum Gasteiger partial charge on any atom is -0.508 e. The molecule has 1 aliphatic carbocycles. The topological polar surface area (TPSA) is 82.7 Å². The molecule has 2 aromatic rings. The highest BCUT2D eigenvalue weighted by Crippen LogP contribution is 2.31. The molecule has 0 radical (unpaired) electrons. The highest BCUT2D eigenvalue weighted by atomic mass is 16.4. The van der Waals surface area contributed by atoms with Gasteiger partial charge in [-0.3, -0.25) is 0 Å². The number of phenols is 1. The first kappa shape index (κ1) is 15.1. The van der Waals surface area contributed by atoms with Crippen molar-refractivity contribution in [3.05, 3.63) is 39.7 Å². The van der Waals surface area contributed by atoms with Crippen LogP contribution in [0.5, 0.6) is 5.75 Å². The maximum Gasteiger partial charge on any atom is 0.336 e. The second-order valence-electron chi connectivity index (χ2n) is 6.18. The van der Waals surface area contributed by atoms with Crippen LogP contribution in [0, 0.1) is 6.92 Å². The number of aliphatic hydroxyl groups is 1. The minimum atomic E-state index is -0.428. The van der Waals surface area contributed by atoms with Crippen molar-refractivity contribution in [1.29, 1.82) is 0 Å². The summed E-state index contributed by atoms with van der Waals surface area (Å²) in [6.45, 7) is 2.32. The second kappa shape index (κ2) is 5.74. The summed E-state index contributed by atoms with van der Waals surface area (Å²) in [7, 11) is 0. The van der Waals surface area contributed by atoms with Gasteiger partial charge in [0.05, 0.1) is 6.61 Å². The van der Waals surface area contributed by atoms with E-state index in [1.165, 1.54) is 6.07 Å². The Morgan fingerprint density at radius 2 is 2.05 bits per heavy atom. The molecule has 1 aromatic carbocycles. The van der Waals surface area contributed by atoms with Crippen molar-refractivity contribution in [3.8, 4) is 5.75 Å². The molecule has 0 atom stereocenters. The average molecular weight is 303 g/mol. The fourth-order valence-electron chi connectivity index (χ4n) is 3.29. The molecule has 1 aliphatic rings. The average Bonchev–Trinajstić information content (AvgIpc) is 2.98. The molecule has 3 rings (SSSR count). The molecule has 118 valence electrons. The van der Waals surface area contributed by atoms with Crippen molar-refractivity contribution in [1.82, 2.24) is 5.32 Å². The van der Waals surface area contributed by atoms with Crippen molar-refractivity contribution in [2.24, 2.45) is 0 Å². The number of hydrogen-bond acceptors (Lipinski definition) is 5. The minimum absolute atomic E-state index is 0.103. The van der Waals surface area contributed by atoms with Gasteiger partial charge in [-0.25, -0.2) is 4.79 Å². The van der Waals surface area contributed by atoms with E-state index in [1.54, 1.807) is 19.1 Å². The number of rotatable bonds is 4. The largest absolute Gasteiger partial charge is 0.508 e. The van der Waals surface area contributed by atoms with Crippen LogP contribution in [-0.2, 0) is 6.54 Å². The molecule has 0 aliphatic heterocycles. The van der Waals surface area contributed by atoms with Crippen molar-refractivity contribution in [3.63, 3.8) is 0 Å². The van der Waals surface area contributed by atoms with Gasteiger partial charge in [0.2, 0.25) is 0 Å². The lowest BCUT2D eigenvalue weighted by Crippen LogP contribution is -2.45. The van der Waals surface area contributed by atoms with E-state index >= 15 is 0 Å². The lowest BCUT2D eigenvalue weighted by molar-refractivity contribution is 0.163. The molecule has 1 fully saturated rings. The lowest BCUT2D eigenvalue weighted by Gasteiger charge is -2.28. The molecule has 1 saturated carbocycles. The molecule has 0 spiro atoms. The second-order valence-corrected chi connectivity index (χ2v) is 6.18. The number of aromatic hydroxyl groups is 1. The van der Waals surface area contributed by atoms with Gasteiger partial charge in [-0.2, -0.15) is 0 Å². The highest BCUT2D eigenvalue weighted by molar-refractivity contribution is 5.84. The number of hydrogen-bond donors (Lipinski definition) is 3. The first-order valence-electron chi connectivity index (χ1n) is 7.66. The SMILES string of the molecule is Cc1c(O)ccc2c(CNC3(CO)CCCC3)cc(=O)oc12. The molecule has 22 heavy (non-hydrogen) atoms. The van der Waals surface area contributed by atoms with E-state index in [1.807, 2.05) is 0 Å². The molecule has 3 N–H and O–H groups in total. The Bertz CT molecular complexity index is 744. The summed E-state index contributed by atoms with van der Waals surface area (Å²) in [5.74, 6) is 0.114. The van der Waals surface area contributed by atoms with E-state index < -0.39 is 5.63 Å². The van der Waals surface area contributed by atoms with Gasteiger partial charge in [0.15, 0.2) is 0 Å². The van der Waals surface area contributed by atoms with Gasteiger partial charge < -0.3 is 19.9 Å². The number of aliphatic hydroxyl groups excluding tert-OH is 1. The Balaban J connectivity index is 1.97. The van der Waals surface area contributed by atoms with Crippen LogP contribution >= 0.6 is 0 Å². The molecular weight excluding hydrogens is 282 g/mol. The highest BCUT2D eigenvalue weighted by Gasteiger charge is 2.32. The third-order valence-electron chi connectivity index (χ3n) is 4.74. The summed E-state index contributed by atoms with van der Waals surface area (Å²) >= 11 is 0. The van der Waals surface area contributed by atoms with Crippen molar-refractivity contribution in [2.75, 3.05) is 6.61 Å². The Hall–Kier alpha value is -1.85. The van der Waals surface area contributed by atoms with Crippen LogP contribution in [-0.4, -0.2) is 22.4 Å². The number of fused-ring (bicyclic) bond motifs is 1. The molecule has 1 heterocycles. The molecular formula is C17H21NO4. The summed E-state index contributed by atoms with van der Waals surface area (Å²) in [6, 6.07) is 4.85. The third kappa shape index (κ3) is 2.62. The Morgan fingerprint density at radius 3 is 2.73 bits per heavy atom. The van der Waals surface area contributed by atoms with Crippen LogP contribution < -0.4 is 10.9 Å². The monoisotopic (exact) mass is 303 g/mol. The first-order chi connectivity index (χ1) is 10.5. The fourth-order valence-corrected chi connectivity index (χ4v) is 3.29. The Labute approximate surface area is 128 Å². The first-order valence-corrected chi connectivity index (χ1v) is 7.66. The maximum atomic E-state index is 11.8. The van der Waals surface area contributed by atoms with Gasteiger partial charge in [-0.05, 0) is 37.5 Å². The molecule has 0 amide bonds. The van der Waals surface area contributed by atoms with Gasteiger partial charge in [0.1, 0.15) is 11.3 Å². The predicted molar refractivity (Wildman–Crippen MR) is 84.0 cm³/mol. The van der Waals surface area contributed by atoms with E-state index in [4.69, 9.17) is 4.42 Å². The fraction of sp³-hybridized carbons (Fsp3) is 0.471. The van der Waals surface area contributed by atoms with Gasteiger partial charge >= 0.3 is 5.63 Å². The van der Waals surface area contributed by atoms with Crippen LogP contribution in [0.4, 0.5) is 0 Å². The van der Waals surface area contributed by atoms with Gasteiger partial charge in [-0.1, -0.05) is 12.8 Å². The maximum absolute atomic E-state index is 11.8. The summed E-state index contributed by atoms with van der Waals surface area (Å²) in [5, 5.41) is 23.7. The van der Waals surface area contributed by atoms with Gasteiger partial charge in [0.25, 0.3) is 0 Å². The zero-order valence-electron chi connectivity index (χ0n) is 12.7. The van der Waals surface area contributed by atoms with E-state index in [0.717, 1.165) is 36.6 Å². The number of benzene rings is 1. The van der Waals surface area contributed by atoms with Crippen molar-refractivity contribution >= 4 is 11.0 Å². The number of phenolic OH excluding ortho intramolecular Hbond substituents is 1. The molecule has 5 nitrogen and oxygen atoms in total. The zero-order chi connectivity index (χ0) is 15.7. The third-order valence-corrected chi connectivity index (χ3v) is 4.74. The molecule has 0 saturated heterocycles. The van der Waals surface area contributed by atoms with Crippen LogP contribution in [0.3, 0.4) is 0 Å². The standard InChI is InChI=1S/C17H21NO4/c1-11-14(20)5-4-13-12(8-15(21)22-16(11)13)9-18-17(10-19)6-2-3-7-17/h4-5,8,18-20H,2-3,6-7,9-10H2,1H3. The van der Waals surface area contributed by atoms with E-state index in [-0.39, 0.29) is 17.9 Å². The molecule has 0 unspecified atom stereocenters. The van der Waals surface area contributed by atoms with Crippen LogP contribution in [0.15, 0.2) is 27.4 Å². The lowest BCUT2D eigenvalue weighted by atomic mass is 9.98. The summed E-state index contributed by atoms with van der Waals surface area (Å²) in [4.78, 5) is 11.8. The van der Waals surface area contributed by atoms with E-state index in [0.29, 0.717) is 17.7 Å². The Morgan fingerprint density at radius 1 is 1.32 bits per heavy atom. The van der Waals surface area contributed by atoms with Crippen molar-refractivity contribution in [2.45, 2.75) is 44.7 Å². The normalized spacial score (nSPS) is 17.2. The van der Waals surface area contributed by atoms with Crippen LogP contribution in [0.25, 0.3) is 11.0 Å². The number of aryl methyl sites for hydroxylation is 1. The predicted octanol–water partition coefficient (Wildman–Crippen LogP) is 2.20. The van der Waals surface area contributed by atoms with E-state index in [2.05, 4.69) is 5.32 Å². The van der Waals surface area contributed by atoms with E-state index in [9.17, 15) is 15.0 Å². The van der Waals surface area contributed by atoms with Gasteiger partial charge in [-0.15, -0.1) is 0 Å². The molecule has 5 heteroatoms. The molecule has 1 aromatic heterocycles. The molecule has 0 bridgehead atoms. The summed E-state index contributed by atoms with van der Waals surface area (Å²) in [6.07, 6.45) is 4.11. The number of nitrogens with one attached hydrogen (secondary N) is 1. The quantitative estimate of drug-likeness (QED) is 0.754. The van der Waals surface area contributed by atoms with Gasteiger partial charge in [0, 0.05) is 29.1 Å². The summed E-state index contributed by atoms with van der Waals surface area (Å²) < 4.78 is 5.24. The smallest absolute Gasteiger partial charge is 0.336 e. The zero-order valence-corrected chi connectivity index (χ0v) is 12.7. The van der Waals surface area contributed by atoms with Crippen molar-refractivity contribution < 1.29 is 14.6 Å². The Kier molecular flexibility index (Phi) is 3.93. The van der Waals surface area contributed by atoms with Crippen LogP contribution in [0.2, 0.25) is 0 Å². The van der Waals surface area contributed by atoms with Crippen LogP contribution in [0.1, 0.15) is 36.8 Å².